The van der Waals surface area contributed by atoms with Gasteiger partial charge in [0.15, 0.2) is 0 Å². The minimum Gasteiger partial charge on any atom is -0.508 e. The van der Waals surface area contributed by atoms with Crippen LogP contribution in [0.3, 0.4) is 0 Å². The quantitative estimate of drug-likeness (QED) is 0.661. The summed E-state index contributed by atoms with van der Waals surface area (Å²) in [5.41, 5.74) is 1.69. The van der Waals surface area contributed by atoms with Gasteiger partial charge in [0.25, 0.3) is 0 Å². The highest BCUT2D eigenvalue weighted by atomic mass is 19.1. The van der Waals surface area contributed by atoms with Gasteiger partial charge in [-0.15, -0.1) is 0 Å². The third kappa shape index (κ3) is 2.04. The van der Waals surface area contributed by atoms with Crippen molar-refractivity contribution in [2.45, 2.75) is 6.10 Å². The van der Waals surface area contributed by atoms with Crippen LogP contribution in [0.25, 0.3) is 11.0 Å². The molecule has 0 spiro atoms. The lowest BCUT2D eigenvalue weighted by atomic mass is 10.0. The Balaban J connectivity index is 2.08. The number of aromatic amines is 1. The molecule has 19 heavy (non-hydrogen) atoms. The number of fused-ring (bicyclic) bond motifs is 1. The highest BCUT2D eigenvalue weighted by molar-refractivity contribution is 5.80. The Hall–Kier alpha value is -2.40. The summed E-state index contributed by atoms with van der Waals surface area (Å²) in [4.78, 5) is 6.80. The van der Waals surface area contributed by atoms with E-state index in [0.29, 0.717) is 22.2 Å². The first kappa shape index (κ1) is 11.7. The predicted octanol–water partition coefficient (Wildman–Crippen LogP) is 2.49. The van der Waals surface area contributed by atoms with Gasteiger partial charge in [0.2, 0.25) is 0 Å². The molecule has 0 fully saturated rings. The maximum atomic E-state index is 13.2. The standard InChI is InChI=1S/C14H11FN2O2/c15-9-5-11-12(7-17-14(11)16-6-9)13(19)8-1-3-10(18)4-2-8/h1-7,13,18-19H,(H,16,17). The van der Waals surface area contributed by atoms with E-state index in [9.17, 15) is 14.6 Å². The lowest BCUT2D eigenvalue weighted by molar-refractivity contribution is 0.222. The van der Waals surface area contributed by atoms with Crippen LogP contribution >= 0.6 is 0 Å². The van der Waals surface area contributed by atoms with E-state index in [1.165, 1.54) is 18.2 Å². The van der Waals surface area contributed by atoms with Gasteiger partial charge in [-0.05, 0) is 23.8 Å². The Morgan fingerprint density at radius 1 is 1.21 bits per heavy atom. The topological polar surface area (TPSA) is 69.1 Å². The lowest BCUT2D eigenvalue weighted by Gasteiger charge is -2.10. The van der Waals surface area contributed by atoms with Crippen molar-refractivity contribution < 1.29 is 14.6 Å². The molecular weight excluding hydrogens is 247 g/mol. The highest BCUT2D eigenvalue weighted by Crippen LogP contribution is 2.29. The van der Waals surface area contributed by atoms with Crippen molar-refractivity contribution in [3.63, 3.8) is 0 Å². The number of nitrogens with zero attached hydrogens (tertiary/aromatic N) is 1. The fourth-order valence-electron chi connectivity index (χ4n) is 2.06. The summed E-state index contributed by atoms with van der Waals surface area (Å²) >= 11 is 0. The van der Waals surface area contributed by atoms with Crippen molar-refractivity contribution in [3.05, 3.63) is 59.7 Å². The van der Waals surface area contributed by atoms with E-state index in [0.717, 1.165) is 6.20 Å². The zero-order chi connectivity index (χ0) is 13.4. The molecule has 0 aliphatic rings. The summed E-state index contributed by atoms with van der Waals surface area (Å²) in [7, 11) is 0. The number of aliphatic hydroxyl groups excluding tert-OH is 1. The molecule has 4 nitrogen and oxygen atoms in total. The molecule has 0 saturated heterocycles. The van der Waals surface area contributed by atoms with Gasteiger partial charge in [-0.25, -0.2) is 9.37 Å². The van der Waals surface area contributed by atoms with Crippen LogP contribution in [-0.4, -0.2) is 20.2 Å². The number of aliphatic hydroxyl groups is 1. The average molecular weight is 258 g/mol. The number of phenolic OH excluding ortho intramolecular Hbond substituents is 1. The van der Waals surface area contributed by atoms with Crippen LogP contribution < -0.4 is 0 Å². The van der Waals surface area contributed by atoms with Crippen LogP contribution in [0.1, 0.15) is 17.2 Å². The van der Waals surface area contributed by atoms with Gasteiger partial charge in [0.1, 0.15) is 23.3 Å². The molecule has 1 aromatic carbocycles. The number of pyridine rings is 1. The van der Waals surface area contributed by atoms with Crippen LogP contribution in [0.15, 0.2) is 42.7 Å². The summed E-state index contributed by atoms with van der Waals surface area (Å²) < 4.78 is 13.2. The zero-order valence-electron chi connectivity index (χ0n) is 9.84. The van der Waals surface area contributed by atoms with Gasteiger partial charge >= 0.3 is 0 Å². The first-order valence-corrected chi connectivity index (χ1v) is 5.74. The molecule has 96 valence electrons. The second-order valence-electron chi connectivity index (χ2n) is 4.29. The number of hydrogen-bond acceptors (Lipinski definition) is 3. The monoisotopic (exact) mass is 258 g/mol. The SMILES string of the molecule is Oc1ccc(C(O)c2c[nH]c3ncc(F)cc23)cc1. The molecule has 5 heteroatoms. The highest BCUT2D eigenvalue weighted by Gasteiger charge is 2.16. The number of nitrogens with one attached hydrogen (secondary N) is 1. The minimum absolute atomic E-state index is 0.127. The van der Waals surface area contributed by atoms with Gasteiger partial charge in [-0.3, -0.25) is 0 Å². The summed E-state index contributed by atoms with van der Waals surface area (Å²) in [6.45, 7) is 0. The van der Waals surface area contributed by atoms with Crippen molar-refractivity contribution in [2.24, 2.45) is 0 Å². The molecule has 0 aliphatic heterocycles. The molecule has 1 atom stereocenters. The number of aromatic nitrogens is 2. The first-order chi connectivity index (χ1) is 9.15. The van der Waals surface area contributed by atoms with Crippen LogP contribution in [0.2, 0.25) is 0 Å². The van der Waals surface area contributed by atoms with Gasteiger partial charge in [-0.2, -0.15) is 0 Å². The Labute approximate surface area is 108 Å². The summed E-state index contributed by atoms with van der Waals surface area (Å²) in [6, 6.07) is 7.55. The number of benzene rings is 1. The number of rotatable bonds is 2. The lowest BCUT2D eigenvalue weighted by Crippen LogP contribution is -1.98. The fourth-order valence-corrected chi connectivity index (χ4v) is 2.06. The van der Waals surface area contributed by atoms with Crippen molar-refractivity contribution in [1.29, 1.82) is 0 Å². The molecule has 2 aromatic heterocycles. The number of aromatic hydroxyl groups is 1. The van der Waals surface area contributed by atoms with Crippen LogP contribution in [-0.2, 0) is 0 Å². The molecular formula is C14H11FN2O2. The van der Waals surface area contributed by atoms with Crippen molar-refractivity contribution in [3.8, 4) is 5.75 Å². The summed E-state index contributed by atoms with van der Waals surface area (Å²) in [6.07, 6.45) is 1.82. The molecule has 1 unspecified atom stereocenters. The molecule has 0 saturated carbocycles. The Bertz CT molecular complexity index is 722. The number of H-pyrrole nitrogens is 1. The zero-order valence-corrected chi connectivity index (χ0v) is 9.84. The maximum absolute atomic E-state index is 13.2. The minimum atomic E-state index is -0.905. The molecule has 0 bridgehead atoms. The van der Waals surface area contributed by atoms with Crippen molar-refractivity contribution in [1.82, 2.24) is 9.97 Å². The summed E-state index contributed by atoms with van der Waals surface area (Å²) in [5.74, 6) is -0.325. The molecule has 3 rings (SSSR count). The second kappa shape index (κ2) is 4.37. The Morgan fingerprint density at radius 2 is 1.95 bits per heavy atom. The van der Waals surface area contributed by atoms with E-state index in [1.807, 2.05) is 0 Å². The molecule has 0 amide bonds. The van der Waals surface area contributed by atoms with Crippen LogP contribution in [0.5, 0.6) is 5.75 Å². The average Bonchev–Trinajstić information content (AvgIpc) is 2.81. The van der Waals surface area contributed by atoms with E-state index < -0.39 is 11.9 Å². The van der Waals surface area contributed by atoms with Gasteiger partial charge < -0.3 is 15.2 Å². The molecule has 0 aliphatic carbocycles. The van der Waals surface area contributed by atoms with E-state index in [4.69, 9.17) is 0 Å². The maximum Gasteiger partial charge on any atom is 0.142 e. The van der Waals surface area contributed by atoms with Crippen molar-refractivity contribution in [2.75, 3.05) is 0 Å². The molecule has 0 radical (unpaired) electrons. The second-order valence-corrected chi connectivity index (χ2v) is 4.29. The number of hydrogen-bond donors (Lipinski definition) is 3. The van der Waals surface area contributed by atoms with E-state index in [-0.39, 0.29) is 5.75 Å². The van der Waals surface area contributed by atoms with E-state index in [2.05, 4.69) is 9.97 Å². The van der Waals surface area contributed by atoms with Crippen LogP contribution in [0, 0.1) is 5.82 Å². The smallest absolute Gasteiger partial charge is 0.142 e. The van der Waals surface area contributed by atoms with Crippen LogP contribution in [0.4, 0.5) is 4.39 Å². The molecule has 2 heterocycles. The Morgan fingerprint density at radius 3 is 2.68 bits per heavy atom. The predicted molar refractivity (Wildman–Crippen MR) is 68.2 cm³/mol. The Kier molecular flexibility index (Phi) is 2.68. The summed E-state index contributed by atoms with van der Waals surface area (Å²) in [5, 5.41) is 20.1. The third-order valence-corrected chi connectivity index (χ3v) is 3.03. The van der Waals surface area contributed by atoms with Gasteiger partial charge in [0.05, 0.1) is 6.20 Å². The fraction of sp³-hybridized carbons (Fsp3) is 0.0714. The molecule has 3 aromatic rings. The third-order valence-electron chi connectivity index (χ3n) is 3.03. The van der Waals surface area contributed by atoms with Crippen molar-refractivity contribution >= 4 is 11.0 Å². The van der Waals surface area contributed by atoms with E-state index in [1.54, 1.807) is 18.3 Å². The number of phenols is 1. The van der Waals surface area contributed by atoms with Gasteiger partial charge in [0, 0.05) is 17.1 Å². The first-order valence-electron chi connectivity index (χ1n) is 5.74. The normalized spacial score (nSPS) is 12.7. The van der Waals surface area contributed by atoms with Gasteiger partial charge in [-0.1, -0.05) is 12.1 Å². The van der Waals surface area contributed by atoms with E-state index >= 15 is 0 Å². The molecule has 3 N–H and O–H groups in total. The largest absolute Gasteiger partial charge is 0.508 e. The number of halogens is 1.